The summed E-state index contributed by atoms with van der Waals surface area (Å²) in [5, 5.41) is 9.40. The predicted molar refractivity (Wildman–Crippen MR) is 77.4 cm³/mol. The maximum Gasteiger partial charge on any atom is 0.410 e. The van der Waals surface area contributed by atoms with E-state index in [1.54, 1.807) is 4.90 Å². The molecular weight excluding hydrogens is 254 g/mol. The Balaban J connectivity index is 2.24. The van der Waals surface area contributed by atoms with Gasteiger partial charge in [0.15, 0.2) is 0 Å². The van der Waals surface area contributed by atoms with Crippen molar-refractivity contribution in [2.24, 2.45) is 0 Å². The third kappa shape index (κ3) is 2.96. The molecule has 1 aliphatic rings. The third-order valence-electron chi connectivity index (χ3n) is 3.63. The summed E-state index contributed by atoms with van der Waals surface area (Å²) in [5.41, 5.74) is 2.75. The summed E-state index contributed by atoms with van der Waals surface area (Å²) in [4.78, 5) is 14.0. The summed E-state index contributed by atoms with van der Waals surface area (Å²) in [7, 11) is 0. The number of nitrogens with zero attached hydrogens (tertiary/aromatic N) is 1. The minimum Gasteiger partial charge on any atom is -0.444 e. The van der Waals surface area contributed by atoms with Gasteiger partial charge in [-0.1, -0.05) is 18.2 Å². The van der Waals surface area contributed by atoms with E-state index in [1.807, 2.05) is 45.9 Å². The second-order valence-electron chi connectivity index (χ2n) is 6.24. The smallest absolute Gasteiger partial charge is 0.410 e. The first kappa shape index (κ1) is 14.9. The summed E-state index contributed by atoms with van der Waals surface area (Å²) in [6.45, 7) is 8.29. The topological polar surface area (TPSA) is 49.8 Å². The zero-order valence-electron chi connectivity index (χ0n) is 12.6. The van der Waals surface area contributed by atoms with Crippen LogP contribution in [0.1, 0.15) is 50.4 Å². The van der Waals surface area contributed by atoms with Gasteiger partial charge in [-0.05, 0) is 50.8 Å². The number of ether oxygens (including phenoxy) is 1. The van der Waals surface area contributed by atoms with Crippen LogP contribution in [-0.4, -0.2) is 28.2 Å². The monoisotopic (exact) mass is 277 g/mol. The molecule has 1 aliphatic heterocycles. The maximum atomic E-state index is 12.2. The Morgan fingerprint density at radius 2 is 2.15 bits per heavy atom. The fraction of sp³-hybridized carbons (Fsp3) is 0.562. The summed E-state index contributed by atoms with van der Waals surface area (Å²) in [5.74, 6) is 0. The number of rotatable bonds is 1. The van der Waals surface area contributed by atoms with Crippen molar-refractivity contribution in [1.82, 2.24) is 4.90 Å². The number of benzene rings is 1. The number of fused-ring (bicyclic) bond motifs is 1. The first-order chi connectivity index (χ1) is 9.33. The number of hydrogen-bond donors (Lipinski definition) is 1. The van der Waals surface area contributed by atoms with Crippen LogP contribution >= 0.6 is 0 Å². The molecule has 0 unspecified atom stereocenters. The molecule has 110 valence electrons. The second kappa shape index (κ2) is 5.44. The molecule has 1 heterocycles. The van der Waals surface area contributed by atoms with E-state index in [0.717, 1.165) is 17.5 Å². The van der Waals surface area contributed by atoms with Crippen LogP contribution in [0, 0.1) is 0 Å². The van der Waals surface area contributed by atoms with Gasteiger partial charge in [-0.3, -0.25) is 0 Å². The van der Waals surface area contributed by atoms with E-state index in [-0.39, 0.29) is 18.7 Å². The maximum absolute atomic E-state index is 12.2. The number of carbonyl (C=O) groups excluding carboxylic acids is 1. The van der Waals surface area contributed by atoms with Crippen molar-refractivity contribution in [2.45, 2.75) is 52.4 Å². The standard InChI is InChI=1S/C16H23NO3/c1-11-13-7-5-6-12(10-18)14(13)8-9-17(11)15(19)20-16(2,3)4/h5-7,11,18H,8-10H2,1-4H3/t11-/m0/s1. The molecule has 1 amide bonds. The lowest BCUT2D eigenvalue weighted by Crippen LogP contribution is -2.42. The Kier molecular flexibility index (Phi) is 4.04. The molecule has 1 aromatic rings. The van der Waals surface area contributed by atoms with E-state index < -0.39 is 5.60 Å². The van der Waals surface area contributed by atoms with Crippen molar-refractivity contribution < 1.29 is 14.6 Å². The highest BCUT2D eigenvalue weighted by atomic mass is 16.6. The van der Waals surface area contributed by atoms with Gasteiger partial charge >= 0.3 is 6.09 Å². The Morgan fingerprint density at radius 1 is 1.45 bits per heavy atom. The van der Waals surface area contributed by atoms with E-state index in [4.69, 9.17) is 4.74 Å². The second-order valence-corrected chi connectivity index (χ2v) is 6.24. The molecule has 0 spiro atoms. The van der Waals surface area contributed by atoms with Crippen LogP contribution in [0.4, 0.5) is 4.79 Å². The highest BCUT2D eigenvalue weighted by molar-refractivity contribution is 5.69. The van der Waals surface area contributed by atoms with Gasteiger partial charge in [-0.15, -0.1) is 0 Å². The van der Waals surface area contributed by atoms with Crippen LogP contribution in [0.5, 0.6) is 0 Å². The van der Waals surface area contributed by atoms with Crippen LogP contribution in [0.2, 0.25) is 0 Å². The van der Waals surface area contributed by atoms with Crippen molar-refractivity contribution in [3.8, 4) is 0 Å². The van der Waals surface area contributed by atoms with E-state index in [2.05, 4.69) is 0 Å². The van der Waals surface area contributed by atoms with Gasteiger partial charge in [0.1, 0.15) is 5.60 Å². The molecule has 1 N–H and O–H groups in total. The average molecular weight is 277 g/mol. The van der Waals surface area contributed by atoms with Crippen molar-refractivity contribution in [3.05, 3.63) is 34.9 Å². The van der Waals surface area contributed by atoms with Gasteiger partial charge < -0.3 is 14.7 Å². The third-order valence-corrected chi connectivity index (χ3v) is 3.63. The molecule has 0 bridgehead atoms. The molecule has 1 atom stereocenters. The van der Waals surface area contributed by atoms with Gasteiger partial charge in [0.25, 0.3) is 0 Å². The summed E-state index contributed by atoms with van der Waals surface area (Å²) in [6.07, 6.45) is 0.486. The normalized spacial score (nSPS) is 18.6. The van der Waals surface area contributed by atoms with Gasteiger partial charge in [-0.25, -0.2) is 4.79 Å². The van der Waals surface area contributed by atoms with Crippen molar-refractivity contribution in [2.75, 3.05) is 6.54 Å². The van der Waals surface area contributed by atoms with Crippen molar-refractivity contribution in [3.63, 3.8) is 0 Å². The number of aliphatic hydroxyl groups excluding tert-OH is 1. The average Bonchev–Trinajstić information content (AvgIpc) is 2.36. The van der Waals surface area contributed by atoms with Crippen LogP contribution < -0.4 is 0 Å². The van der Waals surface area contributed by atoms with Gasteiger partial charge in [0, 0.05) is 6.54 Å². The highest BCUT2D eigenvalue weighted by Crippen LogP contribution is 2.32. The Labute approximate surface area is 120 Å². The van der Waals surface area contributed by atoms with Crippen LogP contribution in [0.25, 0.3) is 0 Å². The zero-order chi connectivity index (χ0) is 14.9. The molecule has 0 radical (unpaired) electrons. The Bertz CT molecular complexity index is 505. The molecule has 0 fully saturated rings. The Hall–Kier alpha value is -1.55. The highest BCUT2D eigenvalue weighted by Gasteiger charge is 2.31. The fourth-order valence-electron chi connectivity index (χ4n) is 2.66. The predicted octanol–water partition coefficient (Wildman–Crippen LogP) is 3.03. The lowest BCUT2D eigenvalue weighted by Gasteiger charge is -2.37. The molecule has 0 saturated heterocycles. The fourth-order valence-corrected chi connectivity index (χ4v) is 2.66. The van der Waals surface area contributed by atoms with Crippen molar-refractivity contribution >= 4 is 6.09 Å². The SMILES string of the molecule is C[C@H]1c2cccc(CO)c2CCN1C(=O)OC(C)(C)C. The van der Waals surface area contributed by atoms with Gasteiger partial charge in [0.2, 0.25) is 0 Å². The van der Waals surface area contributed by atoms with E-state index in [9.17, 15) is 9.90 Å². The largest absolute Gasteiger partial charge is 0.444 e. The van der Waals surface area contributed by atoms with E-state index in [0.29, 0.717) is 6.54 Å². The lowest BCUT2D eigenvalue weighted by molar-refractivity contribution is 0.0159. The number of aliphatic hydroxyl groups is 1. The number of amides is 1. The molecule has 0 saturated carbocycles. The van der Waals surface area contributed by atoms with Gasteiger partial charge in [-0.2, -0.15) is 0 Å². The molecule has 0 aromatic heterocycles. The first-order valence-corrected chi connectivity index (χ1v) is 7.04. The van der Waals surface area contributed by atoms with Gasteiger partial charge in [0.05, 0.1) is 12.6 Å². The number of carbonyl (C=O) groups is 1. The molecular formula is C16H23NO3. The van der Waals surface area contributed by atoms with Crippen LogP contribution in [0.3, 0.4) is 0 Å². The van der Waals surface area contributed by atoms with E-state index in [1.165, 1.54) is 5.56 Å². The Morgan fingerprint density at radius 3 is 2.75 bits per heavy atom. The molecule has 20 heavy (non-hydrogen) atoms. The summed E-state index contributed by atoms with van der Waals surface area (Å²) in [6, 6.07) is 5.87. The summed E-state index contributed by atoms with van der Waals surface area (Å²) >= 11 is 0. The first-order valence-electron chi connectivity index (χ1n) is 7.04. The van der Waals surface area contributed by atoms with Crippen LogP contribution in [-0.2, 0) is 17.8 Å². The molecule has 0 aliphatic carbocycles. The molecule has 4 heteroatoms. The zero-order valence-corrected chi connectivity index (χ0v) is 12.6. The quantitative estimate of drug-likeness (QED) is 0.858. The van der Waals surface area contributed by atoms with E-state index >= 15 is 0 Å². The molecule has 1 aromatic carbocycles. The van der Waals surface area contributed by atoms with Crippen molar-refractivity contribution in [1.29, 1.82) is 0 Å². The minimum absolute atomic E-state index is 0.0277. The van der Waals surface area contributed by atoms with Crippen LogP contribution in [0.15, 0.2) is 18.2 Å². The minimum atomic E-state index is -0.482. The summed E-state index contributed by atoms with van der Waals surface area (Å²) < 4.78 is 5.46. The molecule has 4 nitrogen and oxygen atoms in total. The lowest BCUT2D eigenvalue weighted by atomic mass is 9.90. The molecule has 2 rings (SSSR count). The number of hydrogen-bond acceptors (Lipinski definition) is 3.